The van der Waals surface area contributed by atoms with Crippen LogP contribution in [0.4, 0.5) is 4.79 Å². The number of imidazole rings is 1. The number of benzene rings is 1. The number of imide groups is 1. The largest absolute Gasteiger partial charge is 0.467 e. The molecular weight excluding hydrogens is 364 g/mol. The third-order valence-electron chi connectivity index (χ3n) is 3.90. The fourth-order valence-electron chi connectivity index (χ4n) is 2.49. The molecule has 0 aliphatic rings. The lowest BCUT2D eigenvalue weighted by Crippen LogP contribution is -2.41. The second-order valence-electron chi connectivity index (χ2n) is 5.79. The Balaban J connectivity index is 1.87. The molecule has 1 atom stereocenters. The highest BCUT2D eigenvalue weighted by Gasteiger charge is 2.21. The van der Waals surface area contributed by atoms with E-state index in [1.54, 1.807) is 19.4 Å². The van der Waals surface area contributed by atoms with Crippen LogP contribution >= 0.6 is 11.8 Å². The van der Waals surface area contributed by atoms with Crippen molar-refractivity contribution >= 4 is 23.7 Å². The topological polar surface area (TPSA) is 89.2 Å². The Morgan fingerprint density at radius 1 is 1.22 bits per heavy atom. The number of urea groups is 1. The maximum absolute atomic E-state index is 12.2. The van der Waals surface area contributed by atoms with Crippen LogP contribution in [0.15, 0.2) is 64.5 Å². The Morgan fingerprint density at radius 2 is 2.00 bits per heavy atom. The second kappa shape index (κ2) is 8.59. The average Bonchev–Trinajstić information content (AvgIpc) is 3.33. The van der Waals surface area contributed by atoms with Gasteiger partial charge in [0.05, 0.1) is 29.9 Å². The predicted octanol–water partition coefficient (Wildman–Crippen LogP) is 3.13. The minimum absolute atomic E-state index is 0.381. The summed E-state index contributed by atoms with van der Waals surface area (Å²) >= 11 is 1.29. The first kappa shape index (κ1) is 18.8. The van der Waals surface area contributed by atoms with Gasteiger partial charge in [-0.05, 0) is 24.6 Å². The van der Waals surface area contributed by atoms with E-state index in [1.807, 2.05) is 47.0 Å². The van der Waals surface area contributed by atoms with Crippen molar-refractivity contribution in [2.24, 2.45) is 0 Å². The lowest BCUT2D eigenvalue weighted by atomic mass is 10.2. The van der Waals surface area contributed by atoms with E-state index in [4.69, 9.17) is 4.42 Å². The number of nitrogens with zero attached hydrogens (tertiary/aromatic N) is 2. The van der Waals surface area contributed by atoms with Gasteiger partial charge in [-0.25, -0.2) is 9.78 Å². The molecule has 8 heteroatoms. The molecular formula is C19H20N4O3S. The second-order valence-corrected chi connectivity index (χ2v) is 7.09. The summed E-state index contributed by atoms with van der Waals surface area (Å²) < 4.78 is 7.48. The Kier molecular flexibility index (Phi) is 5.97. The van der Waals surface area contributed by atoms with Crippen LogP contribution < -0.4 is 10.6 Å². The molecule has 0 unspecified atom stereocenters. The number of thioether (sulfide) groups is 1. The molecule has 27 heavy (non-hydrogen) atoms. The van der Waals surface area contributed by atoms with Gasteiger partial charge in [0.15, 0.2) is 5.16 Å². The van der Waals surface area contributed by atoms with Gasteiger partial charge in [0, 0.05) is 7.05 Å². The van der Waals surface area contributed by atoms with Gasteiger partial charge in [-0.2, -0.15) is 0 Å². The number of rotatable bonds is 6. The van der Waals surface area contributed by atoms with E-state index in [9.17, 15) is 9.59 Å². The summed E-state index contributed by atoms with van der Waals surface area (Å²) in [6, 6.07) is 13.1. The number of furan rings is 1. The first-order chi connectivity index (χ1) is 13.1. The van der Waals surface area contributed by atoms with Crippen molar-refractivity contribution in [3.05, 3.63) is 60.7 Å². The van der Waals surface area contributed by atoms with Crippen LogP contribution in [0.1, 0.15) is 12.7 Å². The summed E-state index contributed by atoms with van der Waals surface area (Å²) in [5, 5.41) is 4.83. The third kappa shape index (κ3) is 4.59. The van der Waals surface area contributed by atoms with E-state index in [2.05, 4.69) is 15.6 Å². The summed E-state index contributed by atoms with van der Waals surface area (Å²) in [5.41, 5.74) is 1.94. The Labute approximate surface area is 161 Å². The zero-order chi connectivity index (χ0) is 19.2. The minimum Gasteiger partial charge on any atom is -0.467 e. The zero-order valence-electron chi connectivity index (χ0n) is 15.0. The van der Waals surface area contributed by atoms with Crippen molar-refractivity contribution in [1.82, 2.24) is 20.2 Å². The SMILES string of the molecule is CNC(=O)NC(=O)[C@H](C)Sc1ncc(-c2ccccc2)n1Cc1ccco1. The molecule has 1 aromatic carbocycles. The normalized spacial score (nSPS) is 11.8. The van der Waals surface area contributed by atoms with Crippen molar-refractivity contribution in [3.8, 4) is 11.3 Å². The first-order valence-corrected chi connectivity index (χ1v) is 9.29. The molecule has 0 spiro atoms. The molecule has 7 nitrogen and oxygen atoms in total. The quantitative estimate of drug-likeness (QED) is 0.638. The molecule has 0 bridgehead atoms. The zero-order valence-corrected chi connectivity index (χ0v) is 15.8. The van der Waals surface area contributed by atoms with Gasteiger partial charge in [-0.3, -0.25) is 10.1 Å². The standard InChI is InChI=1S/C19H20N4O3S/c1-13(17(24)22-18(25)20-2)27-19-21-11-16(14-7-4-3-5-8-14)23(19)12-15-9-6-10-26-15/h3-11,13H,12H2,1-2H3,(H2,20,22,24,25)/t13-/m0/s1. The predicted molar refractivity (Wildman–Crippen MR) is 103 cm³/mol. The van der Waals surface area contributed by atoms with Gasteiger partial charge in [0.2, 0.25) is 5.91 Å². The molecule has 0 aliphatic carbocycles. The van der Waals surface area contributed by atoms with Gasteiger partial charge >= 0.3 is 6.03 Å². The van der Waals surface area contributed by atoms with Gasteiger partial charge < -0.3 is 14.3 Å². The van der Waals surface area contributed by atoms with Crippen molar-refractivity contribution in [1.29, 1.82) is 0 Å². The highest BCUT2D eigenvalue weighted by atomic mass is 32.2. The number of carbonyl (C=O) groups excluding carboxylic acids is 2. The number of nitrogens with one attached hydrogen (secondary N) is 2. The minimum atomic E-state index is -0.531. The first-order valence-electron chi connectivity index (χ1n) is 8.41. The fourth-order valence-corrected chi connectivity index (χ4v) is 3.38. The number of hydrogen-bond donors (Lipinski definition) is 2. The molecule has 140 valence electrons. The Hall–Kier alpha value is -3.00. The molecule has 0 saturated heterocycles. The smallest absolute Gasteiger partial charge is 0.321 e. The van der Waals surface area contributed by atoms with Gasteiger partial charge in [-0.1, -0.05) is 42.1 Å². The lowest BCUT2D eigenvalue weighted by Gasteiger charge is -2.14. The Bertz CT molecular complexity index is 906. The van der Waals surface area contributed by atoms with Crippen LogP contribution in [0, 0.1) is 0 Å². The number of amides is 3. The van der Waals surface area contributed by atoms with E-state index in [-0.39, 0.29) is 5.91 Å². The van der Waals surface area contributed by atoms with Gasteiger partial charge in [0.1, 0.15) is 5.76 Å². The molecule has 0 saturated carbocycles. The average molecular weight is 384 g/mol. The van der Waals surface area contributed by atoms with Gasteiger partial charge in [-0.15, -0.1) is 0 Å². The van der Waals surface area contributed by atoms with Crippen molar-refractivity contribution in [2.45, 2.75) is 23.9 Å². The molecule has 3 amide bonds. The maximum atomic E-state index is 12.2. The highest BCUT2D eigenvalue weighted by molar-refractivity contribution is 8.00. The molecule has 0 aliphatic heterocycles. The van der Waals surface area contributed by atoms with Crippen LogP contribution in [-0.4, -0.2) is 33.8 Å². The van der Waals surface area contributed by atoms with Crippen LogP contribution in [0.5, 0.6) is 0 Å². The lowest BCUT2D eigenvalue weighted by molar-refractivity contribution is -0.119. The van der Waals surface area contributed by atoms with Crippen molar-refractivity contribution in [2.75, 3.05) is 7.05 Å². The molecule has 3 rings (SSSR count). The van der Waals surface area contributed by atoms with E-state index >= 15 is 0 Å². The number of carbonyl (C=O) groups is 2. The summed E-state index contributed by atoms with van der Waals surface area (Å²) in [5.74, 6) is 0.405. The van der Waals surface area contributed by atoms with Crippen LogP contribution in [0.25, 0.3) is 11.3 Å². The van der Waals surface area contributed by atoms with Crippen LogP contribution in [-0.2, 0) is 11.3 Å². The van der Waals surface area contributed by atoms with Crippen LogP contribution in [0.3, 0.4) is 0 Å². The molecule has 2 N–H and O–H groups in total. The number of aromatic nitrogens is 2. The van der Waals surface area contributed by atoms with Crippen molar-refractivity contribution < 1.29 is 14.0 Å². The Morgan fingerprint density at radius 3 is 2.67 bits per heavy atom. The van der Waals surface area contributed by atoms with Gasteiger partial charge in [0.25, 0.3) is 0 Å². The molecule has 0 fully saturated rings. The highest BCUT2D eigenvalue weighted by Crippen LogP contribution is 2.29. The maximum Gasteiger partial charge on any atom is 0.321 e. The summed E-state index contributed by atoms with van der Waals surface area (Å²) in [6.45, 7) is 2.22. The monoisotopic (exact) mass is 384 g/mol. The summed E-state index contributed by atoms with van der Waals surface area (Å²) in [6.07, 6.45) is 3.41. The van der Waals surface area contributed by atoms with Crippen molar-refractivity contribution in [3.63, 3.8) is 0 Å². The van der Waals surface area contributed by atoms with Crippen LogP contribution in [0.2, 0.25) is 0 Å². The third-order valence-corrected chi connectivity index (χ3v) is 5.00. The van der Waals surface area contributed by atoms with E-state index < -0.39 is 11.3 Å². The fraction of sp³-hybridized carbons (Fsp3) is 0.211. The molecule has 3 aromatic rings. The summed E-state index contributed by atoms with van der Waals surface area (Å²) in [7, 11) is 1.46. The van der Waals surface area contributed by atoms with E-state index in [1.165, 1.54) is 18.8 Å². The number of hydrogen-bond acceptors (Lipinski definition) is 5. The van der Waals surface area contributed by atoms with E-state index in [0.717, 1.165) is 17.0 Å². The van der Waals surface area contributed by atoms with E-state index in [0.29, 0.717) is 11.7 Å². The molecule has 2 aromatic heterocycles. The summed E-state index contributed by atoms with van der Waals surface area (Å²) in [4.78, 5) is 28.0. The molecule has 0 radical (unpaired) electrons. The molecule has 2 heterocycles.